The average Bonchev–Trinajstić information content (AvgIpc) is 3.26. The van der Waals surface area contributed by atoms with Crippen molar-refractivity contribution < 1.29 is 9.84 Å². The summed E-state index contributed by atoms with van der Waals surface area (Å²) in [4.78, 5) is 0. The molecule has 0 aliphatic heterocycles. The van der Waals surface area contributed by atoms with Crippen LogP contribution < -0.4 is 10.1 Å². The van der Waals surface area contributed by atoms with Crippen molar-refractivity contribution in [2.24, 2.45) is 0 Å². The summed E-state index contributed by atoms with van der Waals surface area (Å²) in [5.74, 6) is 1.39. The minimum absolute atomic E-state index is 0. The van der Waals surface area contributed by atoms with Crippen LogP contribution in [0.1, 0.15) is 44.6 Å². The van der Waals surface area contributed by atoms with Crippen molar-refractivity contribution in [3.8, 4) is 5.75 Å². The molecule has 0 saturated heterocycles. The number of ether oxygens (including phenoxy) is 1. The summed E-state index contributed by atoms with van der Waals surface area (Å²) in [7, 11) is 0. The molecule has 1 fully saturated rings. The summed E-state index contributed by atoms with van der Waals surface area (Å²) < 4.78 is 5.78. The minimum atomic E-state index is -0.439. The largest absolute Gasteiger partial charge is 0.491 e. The molecule has 0 spiro atoms. The van der Waals surface area contributed by atoms with Crippen molar-refractivity contribution in [1.82, 2.24) is 5.32 Å². The summed E-state index contributed by atoms with van der Waals surface area (Å²) in [5, 5.41) is 13.2. The van der Waals surface area contributed by atoms with Gasteiger partial charge >= 0.3 is 0 Å². The third-order valence-electron chi connectivity index (χ3n) is 3.71. The van der Waals surface area contributed by atoms with Gasteiger partial charge in [0.05, 0.1) is 0 Å². The standard InChI is InChI=1S/C16H25NO2.ClH/c1-3-12(2)15-6-4-5-7-16(15)19-11-14(18)10-17-13-8-9-13;/h4-7,12-14,17-18H,3,8-11H2,1-2H3;1H. The fraction of sp³-hybridized carbons (Fsp3) is 0.625. The van der Waals surface area contributed by atoms with Gasteiger partial charge in [-0.2, -0.15) is 0 Å². The van der Waals surface area contributed by atoms with E-state index in [0.717, 1.165) is 12.2 Å². The third-order valence-corrected chi connectivity index (χ3v) is 3.71. The lowest BCUT2D eigenvalue weighted by Crippen LogP contribution is -2.32. The van der Waals surface area contributed by atoms with Crippen LogP contribution in [-0.4, -0.2) is 30.4 Å². The molecule has 114 valence electrons. The molecule has 1 aliphatic carbocycles. The average molecular weight is 300 g/mol. The van der Waals surface area contributed by atoms with Gasteiger partial charge in [-0.3, -0.25) is 0 Å². The van der Waals surface area contributed by atoms with E-state index in [-0.39, 0.29) is 12.4 Å². The Morgan fingerprint density at radius 3 is 2.70 bits per heavy atom. The molecule has 20 heavy (non-hydrogen) atoms. The van der Waals surface area contributed by atoms with Gasteiger partial charge in [0.25, 0.3) is 0 Å². The molecule has 1 aliphatic rings. The highest BCUT2D eigenvalue weighted by molar-refractivity contribution is 5.85. The van der Waals surface area contributed by atoms with E-state index in [1.807, 2.05) is 18.2 Å². The number of nitrogens with one attached hydrogen (secondary N) is 1. The lowest BCUT2D eigenvalue weighted by atomic mass is 9.98. The van der Waals surface area contributed by atoms with Gasteiger partial charge in [0.15, 0.2) is 0 Å². The van der Waals surface area contributed by atoms with Gasteiger partial charge in [-0.1, -0.05) is 32.0 Å². The number of rotatable bonds is 8. The summed E-state index contributed by atoms with van der Waals surface area (Å²) in [6, 6.07) is 8.75. The minimum Gasteiger partial charge on any atom is -0.491 e. The molecule has 0 amide bonds. The molecule has 0 radical (unpaired) electrons. The number of halogens is 1. The highest BCUT2D eigenvalue weighted by atomic mass is 35.5. The molecule has 4 heteroatoms. The molecule has 1 aromatic rings. The molecule has 1 saturated carbocycles. The lowest BCUT2D eigenvalue weighted by Gasteiger charge is -2.18. The maximum Gasteiger partial charge on any atom is 0.122 e. The van der Waals surface area contributed by atoms with Gasteiger partial charge < -0.3 is 15.2 Å². The van der Waals surface area contributed by atoms with E-state index < -0.39 is 6.10 Å². The van der Waals surface area contributed by atoms with Crippen molar-refractivity contribution in [2.45, 2.75) is 51.2 Å². The Bertz CT molecular complexity index is 396. The summed E-state index contributed by atoms with van der Waals surface area (Å²) >= 11 is 0. The van der Waals surface area contributed by atoms with E-state index in [9.17, 15) is 5.11 Å². The first-order chi connectivity index (χ1) is 9.20. The Morgan fingerprint density at radius 1 is 1.35 bits per heavy atom. The first-order valence-electron chi connectivity index (χ1n) is 7.33. The molecule has 0 heterocycles. The molecular formula is C16H26ClNO2. The zero-order valence-electron chi connectivity index (χ0n) is 12.3. The van der Waals surface area contributed by atoms with E-state index in [4.69, 9.17) is 4.74 Å². The Kier molecular flexibility index (Phi) is 7.35. The van der Waals surface area contributed by atoms with E-state index in [2.05, 4.69) is 25.2 Å². The van der Waals surface area contributed by atoms with Gasteiger partial charge in [0.2, 0.25) is 0 Å². The maximum absolute atomic E-state index is 9.89. The molecule has 2 N–H and O–H groups in total. The zero-order valence-corrected chi connectivity index (χ0v) is 13.2. The van der Waals surface area contributed by atoms with Crippen LogP contribution in [0.15, 0.2) is 24.3 Å². The number of benzene rings is 1. The van der Waals surface area contributed by atoms with E-state index in [1.165, 1.54) is 18.4 Å². The van der Waals surface area contributed by atoms with Crippen molar-refractivity contribution in [1.29, 1.82) is 0 Å². The number of hydrogen-bond donors (Lipinski definition) is 2. The highest BCUT2D eigenvalue weighted by Gasteiger charge is 2.21. The van der Waals surface area contributed by atoms with Crippen LogP contribution in [0.2, 0.25) is 0 Å². The van der Waals surface area contributed by atoms with Gasteiger partial charge in [-0.05, 0) is 36.8 Å². The predicted molar refractivity (Wildman–Crippen MR) is 84.9 cm³/mol. The third kappa shape index (κ3) is 5.31. The molecule has 0 bridgehead atoms. The van der Waals surface area contributed by atoms with Crippen LogP contribution in [0.4, 0.5) is 0 Å². The van der Waals surface area contributed by atoms with Gasteiger partial charge in [-0.25, -0.2) is 0 Å². The SMILES string of the molecule is CCC(C)c1ccccc1OCC(O)CNC1CC1.Cl. The monoisotopic (exact) mass is 299 g/mol. The van der Waals surface area contributed by atoms with E-state index in [0.29, 0.717) is 25.1 Å². The second kappa shape index (κ2) is 8.50. The van der Waals surface area contributed by atoms with Crippen LogP contribution in [0, 0.1) is 0 Å². The van der Waals surface area contributed by atoms with Crippen molar-refractivity contribution in [2.75, 3.05) is 13.2 Å². The molecular weight excluding hydrogens is 274 g/mol. The highest BCUT2D eigenvalue weighted by Crippen LogP contribution is 2.28. The Balaban J connectivity index is 0.00000200. The van der Waals surface area contributed by atoms with Gasteiger partial charge in [0.1, 0.15) is 18.5 Å². The second-order valence-electron chi connectivity index (χ2n) is 5.49. The lowest BCUT2D eigenvalue weighted by molar-refractivity contribution is 0.105. The topological polar surface area (TPSA) is 41.5 Å². The molecule has 3 nitrogen and oxygen atoms in total. The van der Waals surface area contributed by atoms with Crippen LogP contribution >= 0.6 is 12.4 Å². The number of para-hydroxylation sites is 1. The molecule has 1 aromatic carbocycles. The quantitative estimate of drug-likeness (QED) is 0.775. The zero-order chi connectivity index (χ0) is 13.7. The maximum atomic E-state index is 9.89. The van der Waals surface area contributed by atoms with Crippen molar-refractivity contribution in [3.63, 3.8) is 0 Å². The first-order valence-corrected chi connectivity index (χ1v) is 7.33. The molecule has 2 unspecified atom stereocenters. The summed E-state index contributed by atoms with van der Waals surface area (Å²) in [5.41, 5.74) is 1.23. The van der Waals surface area contributed by atoms with Crippen LogP contribution in [-0.2, 0) is 0 Å². The van der Waals surface area contributed by atoms with Gasteiger partial charge in [-0.15, -0.1) is 12.4 Å². The Hall–Kier alpha value is -0.770. The number of aliphatic hydroxyl groups is 1. The Labute approximate surface area is 128 Å². The molecule has 2 atom stereocenters. The van der Waals surface area contributed by atoms with E-state index >= 15 is 0 Å². The summed E-state index contributed by atoms with van der Waals surface area (Å²) in [6.45, 7) is 5.35. The number of hydrogen-bond acceptors (Lipinski definition) is 3. The Morgan fingerprint density at radius 2 is 2.05 bits per heavy atom. The van der Waals surface area contributed by atoms with Crippen molar-refractivity contribution in [3.05, 3.63) is 29.8 Å². The first kappa shape index (κ1) is 17.3. The smallest absolute Gasteiger partial charge is 0.122 e. The van der Waals surface area contributed by atoms with Crippen LogP contribution in [0.3, 0.4) is 0 Å². The predicted octanol–water partition coefficient (Wildman–Crippen LogP) is 3.11. The fourth-order valence-electron chi connectivity index (χ4n) is 2.07. The molecule has 2 rings (SSSR count). The molecule has 0 aromatic heterocycles. The summed E-state index contributed by atoms with van der Waals surface area (Å²) in [6.07, 6.45) is 3.13. The fourth-order valence-corrected chi connectivity index (χ4v) is 2.07. The van der Waals surface area contributed by atoms with Crippen molar-refractivity contribution >= 4 is 12.4 Å². The van der Waals surface area contributed by atoms with Crippen LogP contribution in [0.5, 0.6) is 5.75 Å². The second-order valence-corrected chi connectivity index (χ2v) is 5.49. The number of aliphatic hydroxyl groups excluding tert-OH is 1. The van der Waals surface area contributed by atoms with Gasteiger partial charge in [0, 0.05) is 12.6 Å². The normalized spacial score (nSPS) is 17.1. The van der Waals surface area contributed by atoms with Crippen LogP contribution in [0.25, 0.3) is 0 Å². The van der Waals surface area contributed by atoms with E-state index in [1.54, 1.807) is 0 Å².